The first-order valence-corrected chi connectivity index (χ1v) is 12.7. The van der Waals surface area contributed by atoms with Gasteiger partial charge in [0.1, 0.15) is 5.82 Å². The van der Waals surface area contributed by atoms with Crippen molar-refractivity contribution >= 4 is 23.2 Å². The molecular formula is C28H30FNO3S. The third-order valence-corrected chi connectivity index (χ3v) is 8.12. The predicted octanol–water partition coefficient (Wildman–Crippen LogP) is 6.38. The number of fused-ring (bicyclic) bond motifs is 1. The first kappa shape index (κ1) is 24.1. The van der Waals surface area contributed by atoms with Crippen molar-refractivity contribution in [1.82, 2.24) is 5.32 Å². The molecule has 3 aromatic rings. The van der Waals surface area contributed by atoms with Crippen LogP contribution >= 0.6 is 11.3 Å². The molecule has 1 unspecified atom stereocenters. The second kappa shape index (κ2) is 10.5. The van der Waals surface area contributed by atoms with Gasteiger partial charge in [0, 0.05) is 9.75 Å². The van der Waals surface area contributed by atoms with Gasteiger partial charge >= 0.3 is 5.97 Å². The Morgan fingerprint density at radius 1 is 1.12 bits per heavy atom. The molecule has 1 aromatic heterocycles. The number of carbonyl (C=O) groups is 2. The maximum Gasteiger partial charge on any atom is 0.335 e. The Hall–Kier alpha value is -2.99. The predicted molar refractivity (Wildman–Crippen MR) is 133 cm³/mol. The molecule has 0 bridgehead atoms. The standard InChI is InChI=1S/C28H30FNO3S/c1-3-18-6-14-23-25(16-18)34-24(15-7-19-4-12-22(29)13-5-19)26(23)27(31)30-17(2)20-8-10-21(11-9-20)28(32)33/h4-5,8-13,17-18H,3,6-7,14-16H2,1-2H3,(H,30,31)(H,32,33)/t17-,18?/m0/s1. The fraction of sp³-hybridized carbons (Fsp3) is 0.357. The molecule has 34 heavy (non-hydrogen) atoms. The summed E-state index contributed by atoms with van der Waals surface area (Å²) < 4.78 is 13.3. The van der Waals surface area contributed by atoms with Gasteiger partial charge in [-0.05, 0) is 85.9 Å². The molecule has 1 aliphatic carbocycles. The summed E-state index contributed by atoms with van der Waals surface area (Å²) in [5.74, 6) is -0.620. The average molecular weight is 480 g/mol. The Labute approximate surface area is 203 Å². The quantitative estimate of drug-likeness (QED) is 0.394. The maximum absolute atomic E-state index is 13.5. The number of benzene rings is 2. The van der Waals surface area contributed by atoms with E-state index in [0.29, 0.717) is 5.92 Å². The molecule has 4 rings (SSSR count). The van der Waals surface area contributed by atoms with Gasteiger partial charge in [0.2, 0.25) is 0 Å². The number of thiophene rings is 1. The highest BCUT2D eigenvalue weighted by atomic mass is 32.1. The number of rotatable bonds is 8. The topological polar surface area (TPSA) is 66.4 Å². The first-order chi connectivity index (χ1) is 16.4. The number of amides is 1. The van der Waals surface area contributed by atoms with Gasteiger partial charge in [0.25, 0.3) is 5.91 Å². The lowest BCUT2D eigenvalue weighted by Gasteiger charge is -2.22. The summed E-state index contributed by atoms with van der Waals surface area (Å²) in [6, 6.07) is 12.9. The van der Waals surface area contributed by atoms with Crippen LogP contribution in [0.5, 0.6) is 0 Å². The summed E-state index contributed by atoms with van der Waals surface area (Å²) >= 11 is 1.76. The smallest absolute Gasteiger partial charge is 0.335 e. The third kappa shape index (κ3) is 5.39. The highest BCUT2D eigenvalue weighted by Crippen LogP contribution is 2.38. The molecule has 0 aliphatic heterocycles. The number of halogens is 1. The second-order valence-corrected chi connectivity index (χ2v) is 10.3. The molecule has 1 amide bonds. The van der Waals surface area contributed by atoms with E-state index >= 15 is 0 Å². The second-order valence-electron chi connectivity index (χ2n) is 9.07. The van der Waals surface area contributed by atoms with E-state index in [1.54, 1.807) is 47.7 Å². The first-order valence-electron chi connectivity index (χ1n) is 11.9. The molecule has 4 nitrogen and oxygen atoms in total. The van der Waals surface area contributed by atoms with Crippen LogP contribution in [0.3, 0.4) is 0 Å². The Morgan fingerprint density at radius 3 is 2.47 bits per heavy atom. The number of carboxylic acids is 1. The molecule has 0 fully saturated rings. The van der Waals surface area contributed by atoms with Crippen molar-refractivity contribution in [3.05, 3.63) is 91.9 Å². The number of carbonyl (C=O) groups excluding carboxylic acids is 1. The minimum Gasteiger partial charge on any atom is -0.478 e. The summed E-state index contributed by atoms with van der Waals surface area (Å²) in [5.41, 5.74) is 4.14. The molecule has 178 valence electrons. The fourth-order valence-electron chi connectivity index (χ4n) is 4.67. The Balaban J connectivity index is 1.56. The van der Waals surface area contributed by atoms with Crippen molar-refractivity contribution in [3.8, 4) is 0 Å². The maximum atomic E-state index is 13.5. The van der Waals surface area contributed by atoms with Gasteiger partial charge in [0.15, 0.2) is 0 Å². The Bertz CT molecular complexity index is 1170. The van der Waals surface area contributed by atoms with Gasteiger partial charge in [0.05, 0.1) is 17.2 Å². The van der Waals surface area contributed by atoms with E-state index in [2.05, 4.69) is 12.2 Å². The fourth-order valence-corrected chi connectivity index (χ4v) is 6.14. The van der Waals surface area contributed by atoms with Crippen LogP contribution < -0.4 is 5.32 Å². The molecule has 0 radical (unpaired) electrons. The zero-order chi connectivity index (χ0) is 24.2. The minimum absolute atomic E-state index is 0.0728. The molecule has 0 saturated carbocycles. The molecule has 1 aliphatic rings. The van der Waals surface area contributed by atoms with E-state index in [-0.39, 0.29) is 23.3 Å². The lowest BCUT2D eigenvalue weighted by atomic mass is 9.85. The number of hydrogen-bond donors (Lipinski definition) is 2. The normalized spacial score (nSPS) is 16.0. The van der Waals surface area contributed by atoms with Crippen LogP contribution in [0.4, 0.5) is 4.39 Å². The van der Waals surface area contributed by atoms with Crippen LogP contribution in [0.1, 0.15) is 79.9 Å². The van der Waals surface area contributed by atoms with Crippen molar-refractivity contribution in [2.75, 3.05) is 0 Å². The van der Waals surface area contributed by atoms with Gasteiger partial charge in [-0.25, -0.2) is 9.18 Å². The zero-order valence-corrected chi connectivity index (χ0v) is 20.4. The summed E-state index contributed by atoms with van der Waals surface area (Å²) in [5, 5.41) is 12.3. The number of carboxylic acid groups (broad SMARTS) is 1. The third-order valence-electron chi connectivity index (χ3n) is 6.80. The minimum atomic E-state index is -0.968. The summed E-state index contributed by atoms with van der Waals surface area (Å²) in [6.07, 6.45) is 5.69. The number of hydrogen-bond acceptors (Lipinski definition) is 3. The molecule has 2 N–H and O–H groups in total. The SMILES string of the molecule is CCC1CCc2c(sc(CCc3ccc(F)cc3)c2C(=O)N[C@@H](C)c2ccc(C(=O)O)cc2)C1. The van der Waals surface area contributed by atoms with Crippen LogP contribution in [0, 0.1) is 11.7 Å². The molecule has 0 saturated heterocycles. The number of aryl methyl sites for hydroxylation is 2. The van der Waals surface area contributed by atoms with E-state index in [4.69, 9.17) is 5.11 Å². The average Bonchev–Trinajstić information content (AvgIpc) is 3.21. The van der Waals surface area contributed by atoms with Crippen LogP contribution in [-0.2, 0) is 25.7 Å². The summed E-state index contributed by atoms with van der Waals surface area (Å²) in [4.78, 5) is 27.1. The molecule has 6 heteroatoms. The lowest BCUT2D eigenvalue weighted by Crippen LogP contribution is -2.28. The lowest BCUT2D eigenvalue weighted by molar-refractivity contribution is 0.0696. The van der Waals surface area contributed by atoms with Gasteiger partial charge in [-0.15, -0.1) is 11.3 Å². The van der Waals surface area contributed by atoms with Crippen molar-refractivity contribution in [3.63, 3.8) is 0 Å². The monoisotopic (exact) mass is 479 g/mol. The molecule has 0 spiro atoms. The van der Waals surface area contributed by atoms with Crippen molar-refractivity contribution in [1.29, 1.82) is 0 Å². The van der Waals surface area contributed by atoms with Gasteiger partial charge in [-0.2, -0.15) is 0 Å². The molecule has 2 aromatic carbocycles. The van der Waals surface area contributed by atoms with E-state index in [1.807, 2.05) is 6.92 Å². The summed E-state index contributed by atoms with van der Waals surface area (Å²) in [6.45, 7) is 4.14. The molecule has 1 heterocycles. The Morgan fingerprint density at radius 2 is 1.82 bits per heavy atom. The number of nitrogens with one attached hydrogen (secondary N) is 1. The highest BCUT2D eigenvalue weighted by molar-refractivity contribution is 7.12. The number of aromatic carboxylic acids is 1. The van der Waals surface area contributed by atoms with Crippen LogP contribution in [0.15, 0.2) is 48.5 Å². The van der Waals surface area contributed by atoms with Crippen molar-refractivity contribution in [2.45, 2.75) is 58.4 Å². The van der Waals surface area contributed by atoms with E-state index in [9.17, 15) is 14.0 Å². The van der Waals surface area contributed by atoms with Crippen LogP contribution in [0.25, 0.3) is 0 Å². The van der Waals surface area contributed by atoms with E-state index in [0.717, 1.165) is 60.1 Å². The van der Waals surface area contributed by atoms with Crippen molar-refractivity contribution < 1.29 is 19.1 Å². The van der Waals surface area contributed by atoms with Gasteiger partial charge in [-0.3, -0.25) is 4.79 Å². The summed E-state index contributed by atoms with van der Waals surface area (Å²) in [7, 11) is 0. The van der Waals surface area contributed by atoms with E-state index in [1.165, 1.54) is 22.6 Å². The van der Waals surface area contributed by atoms with Gasteiger partial charge < -0.3 is 10.4 Å². The van der Waals surface area contributed by atoms with Crippen LogP contribution in [0.2, 0.25) is 0 Å². The van der Waals surface area contributed by atoms with Crippen LogP contribution in [-0.4, -0.2) is 17.0 Å². The Kier molecular flexibility index (Phi) is 7.47. The van der Waals surface area contributed by atoms with E-state index < -0.39 is 5.97 Å². The zero-order valence-electron chi connectivity index (χ0n) is 19.6. The largest absolute Gasteiger partial charge is 0.478 e. The highest BCUT2D eigenvalue weighted by Gasteiger charge is 2.28. The van der Waals surface area contributed by atoms with Gasteiger partial charge in [-0.1, -0.05) is 37.6 Å². The molecular weight excluding hydrogens is 449 g/mol. The molecule has 2 atom stereocenters. The van der Waals surface area contributed by atoms with Crippen molar-refractivity contribution in [2.24, 2.45) is 5.92 Å².